The summed E-state index contributed by atoms with van der Waals surface area (Å²) >= 11 is 8.34. The van der Waals surface area contributed by atoms with Crippen LogP contribution in [-0.2, 0) is 16.1 Å². The smallest absolute Gasteiger partial charge is 0.146 e. The molecule has 0 aliphatic carbocycles. The largest absolute Gasteiger partial charge is 0.378 e. The normalized spacial score (nSPS) is 30.1. The zero-order chi connectivity index (χ0) is 12.7. The van der Waals surface area contributed by atoms with Crippen LogP contribution in [0.5, 0.6) is 0 Å². The highest BCUT2D eigenvalue weighted by molar-refractivity contribution is 14.1. The minimum Gasteiger partial charge on any atom is -0.378 e. The van der Waals surface area contributed by atoms with E-state index >= 15 is 0 Å². The minimum atomic E-state index is 0.279. The number of nitrogens with zero attached hydrogens (tertiary/aromatic N) is 2. The number of hydrogen-bond acceptors (Lipinski definition) is 4. The Morgan fingerprint density at radius 3 is 2.89 bits per heavy atom. The van der Waals surface area contributed by atoms with Crippen molar-refractivity contribution in [1.82, 2.24) is 9.97 Å². The molecule has 0 aromatic carbocycles. The van der Waals surface area contributed by atoms with Gasteiger partial charge in [0.2, 0.25) is 0 Å². The van der Waals surface area contributed by atoms with Gasteiger partial charge in [0.15, 0.2) is 0 Å². The van der Waals surface area contributed by atoms with E-state index < -0.39 is 0 Å². The Balaban J connectivity index is 1.92. The maximum Gasteiger partial charge on any atom is 0.146 e. The first-order valence-corrected chi connectivity index (χ1v) is 7.51. The van der Waals surface area contributed by atoms with Crippen LogP contribution >= 0.6 is 34.2 Å². The molecule has 1 aromatic rings. The van der Waals surface area contributed by atoms with Crippen molar-refractivity contribution in [2.24, 2.45) is 0 Å². The van der Waals surface area contributed by atoms with E-state index in [1.54, 1.807) is 7.11 Å². The van der Waals surface area contributed by atoms with Crippen LogP contribution < -0.4 is 0 Å². The third kappa shape index (κ3) is 2.26. The summed E-state index contributed by atoms with van der Waals surface area (Å²) in [5.74, 6) is 1.12. The number of ether oxygens (including phenoxy) is 2. The van der Waals surface area contributed by atoms with E-state index in [0.29, 0.717) is 23.8 Å². The highest BCUT2D eigenvalue weighted by Crippen LogP contribution is 2.43. The van der Waals surface area contributed by atoms with E-state index in [0.717, 1.165) is 27.9 Å². The molecule has 18 heavy (non-hydrogen) atoms. The predicted octanol–water partition coefficient (Wildman–Crippen LogP) is 2.92. The monoisotopic (exact) mass is 380 g/mol. The maximum atomic E-state index is 6.18. The van der Waals surface area contributed by atoms with Crippen molar-refractivity contribution < 1.29 is 9.47 Å². The van der Waals surface area contributed by atoms with E-state index in [4.69, 9.17) is 21.1 Å². The second-order valence-electron chi connectivity index (χ2n) is 4.78. The van der Waals surface area contributed by atoms with Crippen LogP contribution in [0.2, 0.25) is 5.15 Å². The van der Waals surface area contributed by atoms with E-state index in [1.165, 1.54) is 6.42 Å². The summed E-state index contributed by atoms with van der Waals surface area (Å²) < 4.78 is 11.9. The van der Waals surface area contributed by atoms with Gasteiger partial charge in [-0.05, 0) is 41.9 Å². The topological polar surface area (TPSA) is 44.2 Å². The van der Waals surface area contributed by atoms with Crippen molar-refractivity contribution in [2.75, 3.05) is 7.11 Å². The fourth-order valence-electron chi connectivity index (χ4n) is 2.79. The lowest BCUT2D eigenvalue weighted by molar-refractivity contribution is 0.0997. The van der Waals surface area contributed by atoms with Crippen LogP contribution in [0.4, 0.5) is 0 Å². The lowest BCUT2D eigenvalue weighted by Crippen LogP contribution is -2.18. The number of hydrogen-bond donors (Lipinski definition) is 0. The molecule has 98 valence electrons. The third-order valence-corrected chi connectivity index (χ3v) is 5.34. The Morgan fingerprint density at radius 2 is 2.28 bits per heavy atom. The van der Waals surface area contributed by atoms with Gasteiger partial charge in [-0.2, -0.15) is 0 Å². The van der Waals surface area contributed by atoms with Gasteiger partial charge in [0.1, 0.15) is 11.0 Å². The first-order chi connectivity index (χ1) is 8.69. The standard InChI is InChI=1S/C12H14ClIN2O2/c1-17-5-8-10(14)11(13)16-12(15-8)7-4-6-2-3-9(7)18-6/h6-7,9H,2-5H2,1H3. The molecule has 0 spiro atoms. The summed E-state index contributed by atoms with van der Waals surface area (Å²) in [5, 5.41) is 0.524. The molecular weight excluding hydrogens is 367 g/mol. The molecule has 3 rings (SSSR count). The van der Waals surface area contributed by atoms with Gasteiger partial charge in [0, 0.05) is 13.0 Å². The minimum absolute atomic E-state index is 0.279. The van der Waals surface area contributed by atoms with Crippen molar-refractivity contribution in [3.05, 3.63) is 20.2 Å². The van der Waals surface area contributed by atoms with Crippen molar-refractivity contribution in [3.63, 3.8) is 0 Å². The predicted molar refractivity (Wildman–Crippen MR) is 75.7 cm³/mol. The molecule has 2 saturated heterocycles. The molecule has 0 N–H and O–H groups in total. The Kier molecular flexibility index (Phi) is 3.75. The molecule has 0 saturated carbocycles. The van der Waals surface area contributed by atoms with Crippen LogP contribution in [0.3, 0.4) is 0 Å². The summed E-state index contributed by atoms with van der Waals surface area (Å²) in [5.41, 5.74) is 0.871. The van der Waals surface area contributed by atoms with Gasteiger partial charge in [-0.15, -0.1) is 0 Å². The van der Waals surface area contributed by atoms with Crippen LogP contribution in [0.15, 0.2) is 0 Å². The number of methoxy groups -OCH3 is 1. The Hall–Kier alpha value is 0.0200. The zero-order valence-corrected chi connectivity index (χ0v) is 12.9. The first kappa shape index (κ1) is 13.0. The van der Waals surface area contributed by atoms with Gasteiger partial charge in [0.05, 0.1) is 28.1 Å². The molecule has 2 bridgehead atoms. The summed E-state index contributed by atoms with van der Waals surface area (Å²) in [4.78, 5) is 9.04. The van der Waals surface area contributed by atoms with Crippen LogP contribution in [0.25, 0.3) is 0 Å². The van der Waals surface area contributed by atoms with E-state index in [-0.39, 0.29) is 6.10 Å². The van der Waals surface area contributed by atoms with Crippen molar-refractivity contribution in [3.8, 4) is 0 Å². The second kappa shape index (κ2) is 5.19. The molecule has 2 fully saturated rings. The van der Waals surface area contributed by atoms with Crippen LogP contribution in [0.1, 0.15) is 36.7 Å². The highest BCUT2D eigenvalue weighted by Gasteiger charge is 2.43. The van der Waals surface area contributed by atoms with E-state index in [9.17, 15) is 0 Å². The van der Waals surface area contributed by atoms with Gasteiger partial charge >= 0.3 is 0 Å². The van der Waals surface area contributed by atoms with Crippen LogP contribution in [0, 0.1) is 3.57 Å². The van der Waals surface area contributed by atoms with Crippen molar-refractivity contribution in [2.45, 2.75) is 44.0 Å². The molecule has 0 amide bonds. The number of fused-ring (bicyclic) bond motifs is 2. The fraction of sp³-hybridized carbons (Fsp3) is 0.667. The maximum absolute atomic E-state index is 6.18. The summed E-state index contributed by atoms with van der Waals surface area (Å²) in [7, 11) is 1.66. The SMILES string of the molecule is COCc1nc(C2CC3CCC2O3)nc(Cl)c1I. The third-order valence-electron chi connectivity index (χ3n) is 3.62. The Morgan fingerprint density at radius 1 is 1.44 bits per heavy atom. The molecule has 3 atom stereocenters. The summed E-state index contributed by atoms with van der Waals surface area (Å²) in [6.07, 6.45) is 3.98. The van der Waals surface area contributed by atoms with Crippen molar-refractivity contribution >= 4 is 34.2 Å². The quantitative estimate of drug-likeness (QED) is 0.597. The average molecular weight is 381 g/mol. The van der Waals surface area contributed by atoms with E-state index in [1.807, 2.05) is 0 Å². The first-order valence-electron chi connectivity index (χ1n) is 6.05. The molecule has 1 aromatic heterocycles. The summed E-state index contributed by atoms with van der Waals surface area (Å²) in [6.45, 7) is 0.467. The molecule has 3 unspecified atom stereocenters. The molecule has 3 heterocycles. The van der Waals surface area contributed by atoms with E-state index in [2.05, 4.69) is 32.6 Å². The molecule has 2 aliphatic rings. The van der Waals surface area contributed by atoms with Gasteiger partial charge in [-0.25, -0.2) is 9.97 Å². The second-order valence-corrected chi connectivity index (χ2v) is 6.22. The molecular formula is C12H14ClIN2O2. The molecule has 0 radical (unpaired) electrons. The Labute approximate surface area is 125 Å². The number of rotatable bonds is 3. The van der Waals surface area contributed by atoms with Gasteiger partial charge in [0.25, 0.3) is 0 Å². The summed E-state index contributed by atoms with van der Waals surface area (Å²) in [6, 6.07) is 0. The fourth-order valence-corrected chi connectivity index (χ4v) is 3.38. The van der Waals surface area contributed by atoms with Gasteiger partial charge in [-0.1, -0.05) is 11.6 Å². The molecule has 2 aliphatic heterocycles. The number of halogens is 2. The molecule has 6 heteroatoms. The average Bonchev–Trinajstić information content (AvgIpc) is 2.97. The Bertz CT molecular complexity index is 472. The van der Waals surface area contributed by atoms with Crippen LogP contribution in [-0.4, -0.2) is 29.3 Å². The lowest BCUT2D eigenvalue weighted by atomic mass is 9.88. The number of aromatic nitrogens is 2. The van der Waals surface area contributed by atoms with Gasteiger partial charge < -0.3 is 9.47 Å². The zero-order valence-electron chi connectivity index (χ0n) is 10.0. The highest BCUT2D eigenvalue weighted by atomic mass is 127. The lowest BCUT2D eigenvalue weighted by Gasteiger charge is -2.18. The molecule has 4 nitrogen and oxygen atoms in total. The van der Waals surface area contributed by atoms with Gasteiger partial charge in [-0.3, -0.25) is 0 Å². The van der Waals surface area contributed by atoms with Crippen molar-refractivity contribution in [1.29, 1.82) is 0 Å².